The molecule has 1 heterocycles. The molecule has 112 valence electrons. The minimum absolute atomic E-state index is 0.0806. The van der Waals surface area contributed by atoms with Gasteiger partial charge < -0.3 is 5.32 Å². The van der Waals surface area contributed by atoms with Crippen molar-refractivity contribution in [1.29, 1.82) is 0 Å². The second-order valence-corrected chi connectivity index (χ2v) is 6.44. The van der Waals surface area contributed by atoms with Gasteiger partial charge in [-0.2, -0.15) is 0 Å². The van der Waals surface area contributed by atoms with Crippen LogP contribution < -0.4 is 5.32 Å². The van der Waals surface area contributed by atoms with E-state index in [0.29, 0.717) is 17.9 Å². The van der Waals surface area contributed by atoms with Crippen molar-refractivity contribution in [3.63, 3.8) is 0 Å². The predicted octanol–water partition coefficient (Wildman–Crippen LogP) is 3.41. The standard InChI is InChI=1S/C17H27FN2/c1-12-7-13(2)14(3)20(10-12)11-16-8-15(9-19-4)5-6-17(16)18/h5-6,8,12-14,19H,7,9-11H2,1-4H3. The Bertz CT molecular complexity index is 447. The molecule has 3 atom stereocenters. The van der Waals surface area contributed by atoms with E-state index in [1.54, 1.807) is 6.07 Å². The number of hydrogen-bond donors (Lipinski definition) is 1. The van der Waals surface area contributed by atoms with Gasteiger partial charge in [0, 0.05) is 31.2 Å². The van der Waals surface area contributed by atoms with E-state index in [1.165, 1.54) is 6.42 Å². The zero-order valence-electron chi connectivity index (χ0n) is 13.1. The molecule has 1 N–H and O–H groups in total. The Hall–Kier alpha value is -0.930. The van der Waals surface area contributed by atoms with Crippen LogP contribution in [0.2, 0.25) is 0 Å². The molecule has 1 aromatic carbocycles. The van der Waals surface area contributed by atoms with Crippen LogP contribution in [0.1, 0.15) is 38.3 Å². The molecule has 0 spiro atoms. The molecule has 0 bridgehead atoms. The molecule has 3 heteroatoms. The molecule has 0 radical (unpaired) electrons. The summed E-state index contributed by atoms with van der Waals surface area (Å²) < 4.78 is 14.0. The van der Waals surface area contributed by atoms with Crippen molar-refractivity contribution < 1.29 is 4.39 Å². The number of halogens is 1. The van der Waals surface area contributed by atoms with Crippen LogP contribution in [-0.4, -0.2) is 24.5 Å². The highest BCUT2D eigenvalue weighted by atomic mass is 19.1. The average molecular weight is 278 g/mol. The van der Waals surface area contributed by atoms with Crippen molar-refractivity contribution in [3.8, 4) is 0 Å². The van der Waals surface area contributed by atoms with Crippen LogP contribution in [0.4, 0.5) is 4.39 Å². The summed E-state index contributed by atoms with van der Waals surface area (Å²) >= 11 is 0. The van der Waals surface area contributed by atoms with E-state index in [1.807, 2.05) is 19.2 Å². The van der Waals surface area contributed by atoms with Crippen LogP contribution in [0.25, 0.3) is 0 Å². The fourth-order valence-corrected chi connectivity index (χ4v) is 3.32. The number of rotatable bonds is 4. The number of nitrogens with zero attached hydrogens (tertiary/aromatic N) is 1. The van der Waals surface area contributed by atoms with Gasteiger partial charge in [-0.05, 0) is 43.9 Å². The van der Waals surface area contributed by atoms with Gasteiger partial charge in [0.15, 0.2) is 0 Å². The van der Waals surface area contributed by atoms with E-state index < -0.39 is 0 Å². The van der Waals surface area contributed by atoms with Crippen LogP contribution in [0.15, 0.2) is 18.2 Å². The van der Waals surface area contributed by atoms with Gasteiger partial charge in [0.2, 0.25) is 0 Å². The van der Waals surface area contributed by atoms with Gasteiger partial charge in [-0.25, -0.2) is 4.39 Å². The summed E-state index contributed by atoms with van der Waals surface area (Å²) in [6.07, 6.45) is 1.28. The third kappa shape index (κ3) is 3.58. The predicted molar refractivity (Wildman–Crippen MR) is 82.0 cm³/mol. The summed E-state index contributed by atoms with van der Waals surface area (Å²) in [6, 6.07) is 5.99. The molecule has 2 nitrogen and oxygen atoms in total. The van der Waals surface area contributed by atoms with E-state index in [-0.39, 0.29) is 5.82 Å². The normalized spacial score (nSPS) is 27.8. The molecule has 1 saturated heterocycles. The number of piperidine rings is 1. The quantitative estimate of drug-likeness (QED) is 0.908. The Labute approximate surface area is 122 Å². The van der Waals surface area contributed by atoms with Gasteiger partial charge >= 0.3 is 0 Å². The lowest BCUT2D eigenvalue weighted by Crippen LogP contribution is -2.45. The molecular formula is C17H27FN2. The topological polar surface area (TPSA) is 15.3 Å². The van der Waals surface area contributed by atoms with Gasteiger partial charge in [0.1, 0.15) is 5.82 Å². The summed E-state index contributed by atoms with van der Waals surface area (Å²) in [5.41, 5.74) is 1.97. The number of likely N-dealkylation sites (tertiary alicyclic amines) is 1. The molecule has 1 aliphatic rings. The maximum Gasteiger partial charge on any atom is 0.127 e. The van der Waals surface area contributed by atoms with Crippen molar-refractivity contribution >= 4 is 0 Å². The van der Waals surface area contributed by atoms with Gasteiger partial charge in [-0.1, -0.05) is 26.0 Å². The maximum absolute atomic E-state index is 14.0. The number of nitrogens with one attached hydrogen (secondary N) is 1. The monoisotopic (exact) mass is 278 g/mol. The zero-order chi connectivity index (χ0) is 14.7. The first-order valence-corrected chi connectivity index (χ1v) is 7.67. The van der Waals surface area contributed by atoms with Gasteiger partial charge in [-0.3, -0.25) is 4.90 Å². The highest BCUT2D eigenvalue weighted by Crippen LogP contribution is 2.28. The fourth-order valence-electron chi connectivity index (χ4n) is 3.32. The molecule has 0 saturated carbocycles. The Kier molecular flexibility index (Phi) is 5.17. The zero-order valence-corrected chi connectivity index (χ0v) is 13.1. The molecule has 1 fully saturated rings. The van der Waals surface area contributed by atoms with Crippen molar-refractivity contribution in [2.45, 2.75) is 46.3 Å². The van der Waals surface area contributed by atoms with Crippen LogP contribution in [0, 0.1) is 17.7 Å². The SMILES string of the molecule is CNCc1ccc(F)c(CN2CC(C)CC(C)C2C)c1. The molecule has 0 aromatic heterocycles. The Morgan fingerprint density at radius 3 is 2.75 bits per heavy atom. The Balaban J connectivity index is 2.13. The first-order chi connectivity index (χ1) is 9.51. The highest BCUT2D eigenvalue weighted by Gasteiger charge is 2.29. The van der Waals surface area contributed by atoms with E-state index in [4.69, 9.17) is 0 Å². The molecule has 2 rings (SSSR count). The van der Waals surface area contributed by atoms with Gasteiger partial charge in [-0.15, -0.1) is 0 Å². The largest absolute Gasteiger partial charge is 0.316 e. The highest BCUT2D eigenvalue weighted by molar-refractivity contribution is 5.25. The second kappa shape index (κ2) is 6.68. The van der Waals surface area contributed by atoms with Crippen molar-refractivity contribution in [2.75, 3.05) is 13.6 Å². The van der Waals surface area contributed by atoms with Crippen LogP contribution in [-0.2, 0) is 13.1 Å². The number of benzene rings is 1. The van der Waals surface area contributed by atoms with E-state index in [0.717, 1.165) is 30.8 Å². The van der Waals surface area contributed by atoms with Crippen LogP contribution in [0.5, 0.6) is 0 Å². The lowest BCUT2D eigenvalue weighted by molar-refractivity contribution is 0.0719. The minimum atomic E-state index is -0.0806. The minimum Gasteiger partial charge on any atom is -0.316 e. The smallest absolute Gasteiger partial charge is 0.127 e. The molecule has 0 aliphatic carbocycles. The molecular weight excluding hydrogens is 251 g/mol. The Morgan fingerprint density at radius 1 is 1.30 bits per heavy atom. The van der Waals surface area contributed by atoms with E-state index in [9.17, 15) is 4.39 Å². The fraction of sp³-hybridized carbons (Fsp3) is 0.647. The van der Waals surface area contributed by atoms with Crippen molar-refractivity contribution in [1.82, 2.24) is 10.2 Å². The molecule has 3 unspecified atom stereocenters. The summed E-state index contributed by atoms with van der Waals surface area (Å²) in [5, 5.41) is 3.12. The summed E-state index contributed by atoms with van der Waals surface area (Å²) in [6.45, 7) is 9.45. The molecule has 1 aliphatic heterocycles. The van der Waals surface area contributed by atoms with Crippen LogP contribution in [0.3, 0.4) is 0 Å². The first kappa shape index (κ1) is 15.5. The van der Waals surface area contributed by atoms with E-state index >= 15 is 0 Å². The first-order valence-electron chi connectivity index (χ1n) is 7.67. The molecule has 0 amide bonds. The number of hydrogen-bond acceptors (Lipinski definition) is 2. The molecule has 20 heavy (non-hydrogen) atoms. The summed E-state index contributed by atoms with van der Waals surface area (Å²) in [4.78, 5) is 2.43. The van der Waals surface area contributed by atoms with E-state index in [2.05, 4.69) is 31.0 Å². The van der Waals surface area contributed by atoms with Crippen molar-refractivity contribution in [2.24, 2.45) is 11.8 Å². The Morgan fingerprint density at radius 2 is 2.05 bits per heavy atom. The van der Waals surface area contributed by atoms with Gasteiger partial charge in [0.05, 0.1) is 0 Å². The molecule has 1 aromatic rings. The van der Waals surface area contributed by atoms with Crippen LogP contribution >= 0.6 is 0 Å². The van der Waals surface area contributed by atoms with Crippen molar-refractivity contribution in [3.05, 3.63) is 35.1 Å². The lowest BCUT2D eigenvalue weighted by Gasteiger charge is -2.41. The lowest BCUT2D eigenvalue weighted by atomic mass is 9.85. The maximum atomic E-state index is 14.0. The summed E-state index contributed by atoms with van der Waals surface area (Å²) in [5.74, 6) is 1.30. The third-order valence-corrected chi connectivity index (χ3v) is 4.58. The van der Waals surface area contributed by atoms with Gasteiger partial charge in [0.25, 0.3) is 0 Å². The third-order valence-electron chi connectivity index (χ3n) is 4.58. The summed E-state index contributed by atoms with van der Waals surface area (Å²) in [7, 11) is 1.92. The average Bonchev–Trinajstić information content (AvgIpc) is 2.39. The second-order valence-electron chi connectivity index (χ2n) is 6.44.